The number of nitrogens with one attached hydrogen (secondary N) is 1. The molecule has 17 heavy (non-hydrogen) atoms. The van der Waals surface area contributed by atoms with Crippen LogP contribution in [0.25, 0.3) is 0 Å². The van der Waals surface area contributed by atoms with E-state index in [9.17, 15) is 0 Å². The molecule has 0 bridgehead atoms. The number of anilines is 1. The van der Waals surface area contributed by atoms with Crippen LogP contribution in [0.3, 0.4) is 0 Å². The van der Waals surface area contributed by atoms with E-state index in [1.165, 1.54) is 5.56 Å². The summed E-state index contributed by atoms with van der Waals surface area (Å²) in [6.45, 7) is 8.75. The summed E-state index contributed by atoms with van der Waals surface area (Å²) in [6.07, 6.45) is 3.96. The maximum absolute atomic E-state index is 4.40. The van der Waals surface area contributed by atoms with Gasteiger partial charge in [-0.1, -0.05) is 0 Å². The Morgan fingerprint density at radius 1 is 1.29 bits per heavy atom. The van der Waals surface area contributed by atoms with E-state index in [1.54, 1.807) is 0 Å². The van der Waals surface area contributed by atoms with E-state index in [4.69, 9.17) is 0 Å². The van der Waals surface area contributed by atoms with Crippen LogP contribution in [0.4, 0.5) is 5.82 Å². The second-order valence-corrected chi connectivity index (χ2v) is 4.04. The van der Waals surface area contributed by atoms with Crippen molar-refractivity contribution in [1.29, 1.82) is 0 Å². The van der Waals surface area contributed by atoms with Crippen LogP contribution in [0.1, 0.15) is 25.1 Å². The maximum Gasteiger partial charge on any atom is 0.124 e. The van der Waals surface area contributed by atoms with Crippen molar-refractivity contribution in [2.24, 2.45) is 0 Å². The van der Waals surface area contributed by atoms with E-state index in [-0.39, 0.29) is 0 Å². The van der Waals surface area contributed by atoms with Crippen LogP contribution in [-0.4, -0.2) is 19.6 Å². The Morgan fingerprint density at radius 2 is 2.12 bits per heavy atom. The molecule has 1 N–H and O–H groups in total. The van der Waals surface area contributed by atoms with E-state index in [1.807, 2.05) is 22.5 Å². The lowest BCUT2D eigenvalue weighted by Crippen LogP contribution is -2.06. The second-order valence-electron chi connectivity index (χ2n) is 4.04. The summed E-state index contributed by atoms with van der Waals surface area (Å²) in [4.78, 5) is 0. The number of rotatable bonds is 5. The highest BCUT2D eigenvalue weighted by Gasteiger charge is 2.04. The molecule has 0 aliphatic carbocycles. The molecule has 0 atom stereocenters. The van der Waals surface area contributed by atoms with Gasteiger partial charge in [-0.05, 0) is 20.8 Å². The normalized spacial score (nSPS) is 10.8. The summed E-state index contributed by atoms with van der Waals surface area (Å²) in [7, 11) is 0. The molecule has 92 valence electrons. The third-order valence-corrected chi connectivity index (χ3v) is 2.69. The summed E-state index contributed by atoms with van der Waals surface area (Å²) in [6, 6.07) is 2.06. The van der Waals surface area contributed by atoms with E-state index >= 15 is 0 Å². The van der Waals surface area contributed by atoms with E-state index < -0.39 is 0 Å². The Balaban J connectivity index is 2.01. The monoisotopic (exact) mass is 233 g/mol. The van der Waals surface area contributed by atoms with Gasteiger partial charge in [-0.3, -0.25) is 4.68 Å². The molecule has 0 spiro atoms. The maximum atomic E-state index is 4.40. The molecule has 0 fully saturated rings. The molecule has 0 saturated carbocycles. The minimum atomic E-state index is 0.783. The minimum absolute atomic E-state index is 0.783. The van der Waals surface area contributed by atoms with E-state index in [0.717, 1.165) is 31.1 Å². The van der Waals surface area contributed by atoms with Crippen molar-refractivity contribution in [1.82, 2.24) is 19.6 Å². The summed E-state index contributed by atoms with van der Waals surface area (Å²) in [5.41, 5.74) is 2.23. The van der Waals surface area contributed by atoms with Gasteiger partial charge in [-0.25, -0.2) is 4.68 Å². The van der Waals surface area contributed by atoms with Gasteiger partial charge < -0.3 is 5.32 Å². The van der Waals surface area contributed by atoms with Crippen LogP contribution in [0.5, 0.6) is 0 Å². The molecule has 2 rings (SSSR count). The molecule has 0 radical (unpaired) electrons. The zero-order valence-electron chi connectivity index (χ0n) is 10.6. The lowest BCUT2D eigenvalue weighted by Gasteiger charge is -2.06. The first-order valence-electron chi connectivity index (χ1n) is 6.02. The highest BCUT2D eigenvalue weighted by molar-refractivity contribution is 5.37. The lowest BCUT2D eigenvalue weighted by molar-refractivity contribution is 0.656. The Hall–Kier alpha value is -1.78. The number of hydrogen-bond donors (Lipinski definition) is 1. The molecule has 0 aromatic carbocycles. The van der Waals surface area contributed by atoms with Gasteiger partial charge in [0.2, 0.25) is 0 Å². The van der Waals surface area contributed by atoms with Crippen molar-refractivity contribution in [3.05, 3.63) is 29.7 Å². The minimum Gasteiger partial charge on any atom is -0.366 e. The van der Waals surface area contributed by atoms with Gasteiger partial charge in [0.25, 0.3) is 0 Å². The SMILES string of the molecule is CCn1cc(CNc2cc(C)nn2CC)cn1. The van der Waals surface area contributed by atoms with Gasteiger partial charge in [-0.2, -0.15) is 10.2 Å². The smallest absolute Gasteiger partial charge is 0.124 e. The van der Waals surface area contributed by atoms with Crippen LogP contribution in [0.15, 0.2) is 18.5 Å². The number of aryl methyl sites for hydroxylation is 3. The molecule has 2 heterocycles. The Bertz CT molecular complexity index is 483. The zero-order chi connectivity index (χ0) is 12.3. The quantitative estimate of drug-likeness (QED) is 0.859. The van der Waals surface area contributed by atoms with E-state index in [0.29, 0.717) is 0 Å². The van der Waals surface area contributed by atoms with Gasteiger partial charge >= 0.3 is 0 Å². The second kappa shape index (κ2) is 5.03. The van der Waals surface area contributed by atoms with Crippen molar-refractivity contribution in [2.75, 3.05) is 5.32 Å². The lowest BCUT2D eigenvalue weighted by atomic mass is 10.3. The summed E-state index contributed by atoms with van der Waals surface area (Å²) in [5, 5.41) is 12.0. The van der Waals surface area contributed by atoms with Crippen LogP contribution < -0.4 is 5.32 Å². The third-order valence-electron chi connectivity index (χ3n) is 2.69. The fourth-order valence-corrected chi connectivity index (χ4v) is 1.79. The predicted octanol–water partition coefficient (Wildman–Crippen LogP) is 2.04. The number of hydrogen-bond acceptors (Lipinski definition) is 3. The van der Waals surface area contributed by atoms with Gasteiger partial charge in [0.05, 0.1) is 11.9 Å². The molecule has 5 nitrogen and oxygen atoms in total. The van der Waals surface area contributed by atoms with Crippen LogP contribution in [0.2, 0.25) is 0 Å². The molecule has 0 saturated heterocycles. The molecular formula is C12H19N5. The molecule has 0 unspecified atom stereocenters. The Kier molecular flexibility index (Phi) is 3.46. The summed E-state index contributed by atoms with van der Waals surface area (Å²) >= 11 is 0. The predicted molar refractivity (Wildman–Crippen MR) is 67.9 cm³/mol. The summed E-state index contributed by atoms with van der Waals surface area (Å²) in [5.74, 6) is 1.06. The van der Waals surface area contributed by atoms with Gasteiger partial charge in [0, 0.05) is 37.5 Å². The van der Waals surface area contributed by atoms with Crippen LogP contribution in [-0.2, 0) is 19.6 Å². The molecule has 0 aliphatic heterocycles. The summed E-state index contributed by atoms with van der Waals surface area (Å²) < 4.78 is 3.90. The average molecular weight is 233 g/mol. The molecule has 5 heteroatoms. The highest BCUT2D eigenvalue weighted by atomic mass is 15.3. The first-order valence-corrected chi connectivity index (χ1v) is 6.02. The fourth-order valence-electron chi connectivity index (χ4n) is 1.79. The first kappa shape index (κ1) is 11.7. The van der Waals surface area contributed by atoms with Crippen LogP contribution >= 0.6 is 0 Å². The van der Waals surface area contributed by atoms with Gasteiger partial charge in [-0.15, -0.1) is 0 Å². The van der Waals surface area contributed by atoms with Crippen molar-refractivity contribution in [2.45, 2.75) is 40.4 Å². The zero-order valence-corrected chi connectivity index (χ0v) is 10.6. The van der Waals surface area contributed by atoms with Crippen LogP contribution in [0, 0.1) is 6.92 Å². The van der Waals surface area contributed by atoms with Crippen molar-refractivity contribution < 1.29 is 0 Å². The molecule has 0 amide bonds. The number of nitrogens with zero attached hydrogens (tertiary/aromatic N) is 4. The largest absolute Gasteiger partial charge is 0.366 e. The average Bonchev–Trinajstić information content (AvgIpc) is 2.92. The molecule has 2 aromatic rings. The molecular weight excluding hydrogens is 214 g/mol. The standard InChI is InChI=1S/C12H19N5/c1-4-16-9-11(8-14-16)7-13-12-6-10(3)15-17(12)5-2/h6,8-9,13H,4-5,7H2,1-3H3. The molecule has 0 aliphatic rings. The fraction of sp³-hybridized carbons (Fsp3) is 0.500. The number of aromatic nitrogens is 4. The van der Waals surface area contributed by atoms with E-state index in [2.05, 4.69) is 41.6 Å². The van der Waals surface area contributed by atoms with Gasteiger partial charge in [0.1, 0.15) is 5.82 Å². The van der Waals surface area contributed by atoms with Crippen molar-refractivity contribution in [3.63, 3.8) is 0 Å². The van der Waals surface area contributed by atoms with Crippen molar-refractivity contribution >= 4 is 5.82 Å². The van der Waals surface area contributed by atoms with Gasteiger partial charge in [0.15, 0.2) is 0 Å². The first-order chi connectivity index (χ1) is 8.22. The highest BCUT2D eigenvalue weighted by Crippen LogP contribution is 2.11. The Labute approximate surface area is 101 Å². The molecule has 2 aromatic heterocycles. The third kappa shape index (κ3) is 2.67. The van der Waals surface area contributed by atoms with Crippen molar-refractivity contribution in [3.8, 4) is 0 Å². The Morgan fingerprint density at radius 3 is 2.76 bits per heavy atom. The topological polar surface area (TPSA) is 47.7 Å².